The smallest absolute Gasteiger partial charge is 0.870 e. The maximum absolute atomic E-state index is 8.95. The van der Waals surface area contributed by atoms with Crippen molar-refractivity contribution in [1.82, 2.24) is 0 Å². The summed E-state index contributed by atoms with van der Waals surface area (Å²) in [5.41, 5.74) is 0.308. The van der Waals surface area contributed by atoms with Crippen LogP contribution in [0.3, 0.4) is 0 Å². The maximum Gasteiger partial charge on any atom is -0.870 e. The second-order valence-corrected chi connectivity index (χ2v) is 2.08. The van der Waals surface area contributed by atoms with Crippen molar-refractivity contribution in [2.24, 2.45) is 0 Å². The van der Waals surface area contributed by atoms with Gasteiger partial charge in [-0.1, -0.05) is 0 Å². The summed E-state index contributed by atoms with van der Waals surface area (Å²) < 4.78 is 0. The van der Waals surface area contributed by atoms with Gasteiger partial charge in [-0.15, -0.1) is 0 Å². The van der Waals surface area contributed by atoms with Gasteiger partial charge in [0.15, 0.2) is 0 Å². The molecule has 0 radical (unpaired) electrons. The zero-order chi connectivity index (χ0) is 6.85. The van der Waals surface area contributed by atoms with Crippen LogP contribution >= 0.6 is 11.6 Å². The molecule has 0 saturated heterocycles. The predicted octanol–water partition coefficient (Wildman–Crippen LogP) is 0.486. The molecule has 0 spiro atoms. The van der Waals surface area contributed by atoms with Crippen LogP contribution in [0, 0.1) is 0 Å². The summed E-state index contributed by atoms with van der Waals surface area (Å²) in [6.45, 7) is 0. The molecule has 1 rings (SSSR count). The van der Waals surface area contributed by atoms with E-state index in [0.29, 0.717) is 5.46 Å². The number of halogens is 1. The Hall–Kier alpha value is -0.705. The molecule has 0 aromatic heterocycles. The molecule has 0 aliphatic carbocycles. The van der Waals surface area contributed by atoms with Crippen LogP contribution in [0.15, 0.2) is 18.2 Å². The topological polar surface area (TPSA) is 80.2 Å². The maximum atomic E-state index is 8.95. The molecule has 3 N–H and O–H groups in total. The largest absolute Gasteiger partial charge is 0.870 e. The molecule has 1 aromatic rings. The minimum absolute atomic E-state index is 0. The summed E-state index contributed by atoms with van der Waals surface area (Å²) in [6, 6.07) is 4.84. The van der Waals surface area contributed by atoms with E-state index in [1.165, 1.54) is 0 Å². The van der Waals surface area contributed by atoms with E-state index in [2.05, 4.69) is 0 Å². The van der Waals surface area contributed by atoms with Gasteiger partial charge in [0.1, 0.15) is 0 Å². The molecular formula is C6H6BClO3. The van der Waals surface area contributed by atoms with Gasteiger partial charge in [-0.3, -0.25) is 0 Å². The van der Waals surface area contributed by atoms with Crippen LogP contribution < -0.4 is 5.46 Å². The summed E-state index contributed by atoms with van der Waals surface area (Å²) in [4.78, 5) is 0. The fourth-order valence-electron chi connectivity index (χ4n) is 0.532. The van der Waals surface area contributed by atoms with Gasteiger partial charge >= 0.3 is 59.0 Å². The number of hydrogen-bond acceptors (Lipinski definition) is 3. The number of hydrogen-bond donors (Lipinski definition) is 1. The third-order valence-corrected chi connectivity index (χ3v) is 1.32. The van der Waals surface area contributed by atoms with Gasteiger partial charge in [0, 0.05) is 0 Å². The first kappa shape index (κ1) is 12.9. The molecule has 0 heterocycles. The monoisotopic (exact) mass is 172 g/mol. The Morgan fingerprint density at radius 3 is 2.18 bits per heavy atom. The van der Waals surface area contributed by atoms with Crippen molar-refractivity contribution in [3.63, 3.8) is 0 Å². The molecule has 0 amide bonds. The van der Waals surface area contributed by atoms with E-state index < -0.39 is 0 Å². The van der Waals surface area contributed by atoms with E-state index in [1.54, 1.807) is 18.2 Å². The first-order valence-corrected chi connectivity index (χ1v) is 2.82. The van der Waals surface area contributed by atoms with Crippen molar-refractivity contribution in [3.05, 3.63) is 23.2 Å². The van der Waals surface area contributed by atoms with Gasteiger partial charge in [0.25, 0.3) is 0 Å². The molecule has 11 heavy (non-hydrogen) atoms. The minimum atomic E-state index is -0.0424. The van der Waals surface area contributed by atoms with Crippen molar-refractivity contribution >= 4 is 24.9 Å². The van der Waals surface area contributed by atoms with Crippen LogP contribution in [0.4, 0.5) is 0 Å². The molecule has 0 unspecified atom stereocenters. The molecule has 0 saturated carbocycles. The molecule has 0 aliphatic heterocycles. The van der Waals surface area contributed by atoms with Crippen molar-refractivity contribution in [3.8, 4) is 5.75 Å². The van der Waals surface area contributed by atoms with Crippen molar-refractivity contribution in [1.29, 1.82) is 0 Å². The molecular weight excluding hydrogens is 166 g/mol. The summed E-state index contributed by atoms with van der Waals surface area (Å²) in [5.74, 6) is -0.0424. The molecule has 3 nitrogen and oxygen atoms in total. The molecule has 0 bridgehead atoms. The van der Waals surface area contributed by atoms with Crippen molar-refractivity contribution in [2.75, 3.05) is 0 Å². The average Bonchev–Trinajstić information content (AvgIpc) is 1.83. The van der Waals surface area contributed by atoms with Gasteiger partial charge in [0.05, 0.1) is 0 Å². The Morgan fingerprint density at radius 1 is 1.27 bits per heavy atom. The van der Waals surface area contributed by atoms with Crippen LogP contribution in [0.25, 0.3) is 0 Å². The zero-order valence-electron chi connectivity index (χ0n) is 5.53. The number of aromatic hydroxyl groups is 1. The third-order valence-electron chi connectivity index (χ3n) is 1.02. The average molecular weight is 172 g/mol. The number of para-hydroxylation sites is 1. The van der Waals surface area contributed by atoms with Gasteiger partial charge in [0.2, 0.25) is 0 Å². The Bertz CT molecular complexity index is 209. The third kappa shape index (κ3) is 2.80. The van der Waals surface area contributed by atoms with Gasteiger partial charge in [-0.05, 0) is 0 Å². The minimum Gasteiger partial charge on any atom is -0.870 e. The SMILES string of the molecule is [B+2]c1cccc(Cl)c1O.[OH-].[OH-]. The Kier molecular flexibility index (Phi) is 5.89. The summed E-state index contributed by atoms with van der Waals surface area (Å²) in [5, 5.41) is 9.24. The number of phenolic OH excluding ortho intramolecular Hbond substituents is 1. The molecule has 1 aromatic carbocycles. The Balaban J connectivity index is 0. The Morgan fingerprint density at radius 2 is 1.82 bits per heavy atom. The molecule has 58 valence electrons. The van der Waals surface area contributed by atoms with E-state index in [1.807, 2.05) is 0 Å². The second-order valence-electron chi connectivity index (χ2n) is 1.68. The number of phenols is 1. The van der Waals surface area contributed by atoms with E-state index >= 15 is 0 Å². The predicted molar refractivity (Wildman–Crippen MR) is 42.4 cm³/mol. The summed E-state index contributed by atoms with van der Waals surface area (Å²) in [6.07, 6.45) is 0. The normalized spacial score (nSPS) is 7.91. The number of benzene rings is 1. The van der Waals surface area contributed by atoms with Crippen LogP contribution in [-0.4, -0.2) is 23.9 Å². The molecule has 5 heteroatoms. The first-order valence-electron chi connectivity index (χ1n) is 2.45. The summed E-state index contributed by atoms with van der Waals surface area (Å²) in [7, 11) is 5.29. The van der Waals surface area contributed by atoms with E-state index in [9.17, 15) is 0 Å². The molecule has 0 atom stereocenters. The number of rotatable bonds is 0. The summed E-state index contributed by atoms with van der Waals surface area (Å²) >= 11 is 5.48. The fourth-order valence-corrected chi connectivity index (χ4v) is 0.714. The van der Waals surface area contributed by atoms with E-state index in [0.717, 1.165) is 0 Å². The van der Waals surface area contributed by atoms with Crippen LogP contribution in [0.5, 0.6) is 5.75 Å². The molecule has 0 aliphatic rings. The van der Waals surface area contributed by atoms with Crippen LogP contribution in [0.1, 0.15) is 0 Å². The van der Waals surface area contributed by atoms with Crippen molar-refractivity contribution < 1.29 is 16.1 Å². The van der Waals surface area contributed by atoms with Crippen LogP contribution in [0.2, 0.25) is 5.02 Å². The van der Waals surface area contributed by atoms with Gasteiger partial charge in [-0.25, -0.2) is 0 Å². The van der Waals surface area contributed by atoms with Crippen LogP contribution in [-0.2, 0) is 0 Å². The zero-order valence-corrected chi connectivity index (χ0v) is 6.28. The fraction of sp³-hybridized carbons (Fsp3) is 0. The quantitative estimate of drug-likeness (QED) is 0.578. The second kappa shape index (κ2) is 5.01. The first-order chi connectivity index (χ1) is 4.22. The molecule has 0 fully saturated rings. The van der Waals surface area contributed by atoms with Gasteiger partial charge in [-0.2, -0.15) is 0 Å². The van der Waals surface area contributed by atoms with Crippen molar-refractivity contribution in [2.45, 2.75) is 0 Å². The Labute approximate surface area is 70.6 Å². The van der Waals surface area contributed by atoms with Gasteiger partial charge < -0.3 is 11.0 Å². The van der Waals surface area contributed by atoms with E-state index in [4.69, 9.17) is 24.6 Å². The van der Waals surface area contributed by atoms with E-state index in [-0.39, 0.29) is 21.7 Å². The standard InChI is InChI=1S/C6H4BClO.2H2O/c7-4-2-1-3-5(8)6(4)9;;/h1-3,9H;2*1H2/q+2;;/p-2.